The number of allylic oxidation sites excluding steroid dienone is 1. The van der Waals surface area contributed by atoms with Gasteiger partial charge in [-0.15, -0.1) is 0 Å². The van der Waals surface area contributed by atoms with Crippen molar-refractivity contribution in [1.29, 1.82) is 0 Å². The third-order valence-corrected chi connectivity index (χ3v) is 5.49. The van der Waals surface area contributed by atoms with Crippen LogP contribution in [0.1, 0.15) is 30.8 Å². The monoisotopic (exact) mass is 449 g/mol. The summed E-state index contributed by atoms with van der Waals surface area (Å²) in [5.74, 6) is 2.03. The first kappa shape index (κ1) is 22.3. The van der Waals surface area contributed by atoms with Crippen LogP contribution in [0.2, 0.25) is 0 Å². The van der Waals surface area contributed by atoms with Gasteiger partial charge < -0.3 is 25.2 Å². The number of hydrogen-bond donors (Lipinski definition) is 3. The molecule has 0 aliphatic carbocycles. The first-order valence-corrected chi connectivity index (χ1v) is 10.7. The first-order valence-electron chi connectivity index (χ1n) is 10.7. The summed E-state index contributed by atoms with van der Waals surface area (Å²) < 4.78 is 12.7. The number of ether oxygens (including phenoxy) is 2. The highest BCUT2D eigenvalue weighted by atomic mass is 16.5. The van der Waals surface area contributed by atoms with Gasteiger partial charge in [-0.2, -0.15) is 10.1 Å². The number of benzene rings is 2. The number of fused-ring (bicyclic) bond motifs is 1. The predicted octanol–water partition coefficient (Wildman–Crippen LogP) is 3.15. The van der Waals surface area contributed by atoms with Gasteiger partial charge in [-0.1, -0.05) is 30.3 Å². The Morgan fingerprint density at radius 3 is 2.55 bits per heavy atom. The molecule has 172 valence electrons. The van der Waals surface area contributed by atoms with Crippen molar-refractivity contribution in [3.05, 3.63) is 71.2 Å². The number of nitrogens with zero attached hydrogens (tertiary/aromatic N) is 3. The van der Waals surface area contributed by atoms with Gasteiger partial charge >= 0.3 is 0 Å². The molecule has 0 saturated heterocycles. The highest BCUT2D eigenvalue weighted by Gasteiger charge is 2.36. The van der Waals surface area contributed by atoms with E-state index in [1.807, 2.05) is 43.3 Å². The Balaban J connectivity index is 1.80. The van der Waals surface area contributed by atoms with Gasteiger partial charge in [-0.25, -0.2) is 4.68 Å². The number of aliphatic hydroxyl groups excluding tert-OH is 1. The highest BCUT2D eigenvalue weighted by Crippen LogP contribution is 2.39. The number of methoxy groups -OCH3 is 2. The third-order valence-electron chi connectivity index (χ3n) is 5.49. The Morgan fingerprint density at radius 1 is 1.12 bits per heavy atom. The van der Waals surface area contributed by atoms with Gasteiger partial charge in [-0.05, 0) is 31.5 Å². The second-order valence-corrected chi connectivity index (χ2v) is 7.59. The Kier molecular flexibility index (Phi) is 6.60. The van der Waals surface area contributed by atoms with Crippen LogP contribution in [0, 0.1) is 0 Å². The van der Waals surface area contributed by atoms with Crippen LogP contribution in [-0.4, -0.2) is 46.6 Å². The number of rotatable bonds is 8. The molecule has 1 aromatic heterocycles. The van der Waals surface area contributed by atoms with Crippen LogP contribution in [0.4, 0.5) is 11.6 Å². The summed E-state index contributed by atoms with van der Waals surface area (Å²) in [6.07, 6.45) is 1.08. The molecular formula is C24H27N5O4. The van der Waals surface area contributed by atoms with E-state index in [2.05, 4.69) is 20.7 Å². The molecule has 9 nitrogen and oxygen atoms in total. The van der Waals surface area contributed by atoms with Gasteiger partial charge in [0.2, 0.25) is 5.95 Å². The van der Waals surface area contributed by atoms with Crippen LogP contribution in [0.25, 0.3) is 0 Å². The lowest BCUT2D eigenvalue weighted by atomic mass is 9.94. The molecule has 3 N–H and O–H groups in total. The van der Waals surface area contributed by atoms with Crippen molar-refractivity contribution in [2.24, 2.45) is 0 Å². The van der Waals surface area contributed by atoms with Gasteiger partial charge in [0.25, 0.3) is 5.91 Å². The number of nitrogens with one attached hydrogen (secondary N) is 2. The number of aliphatic hydroxyl groups is 1. The standard InChI is InChI=1S/C24H27N5O4/c1-15-21(23(31)26-17-10-5-7-12-19(17)33-3)22(16-9-4-6-11-18(16)32-2)29-24(25-15)27-20(28-29)13-8-14-30/h4-7,9-12,22,30H,8,13-14H2,1-3H3,(H,26,31)(H,25,27,28). The second-order valence-electron chi connectivity index (χ2n) is 7.59. The van der Waals surface area contributed by atoms with Crippen molar-refractivity contribution in [2.75, 3.05) is 31.5 Å². The molecule has 2 aromatic carbocycles. The first-order chi connectivity index (χ1) is 16.1. The van der Waals surface area contributed by atoms with Crippen LogP contribution >= 0.6 is 0 Å². The minimum atomic E-state index is -0.567. The number of carbonyl (C=O) groups excluding carboxylic acids is 1. The molecule has 1 amide bonds. The summed E-state index contributed by atoms with van der Waals surface area (Å²) in [6.45, 7) is 1.89. The van der Waals surface area contributed by atoms with Gasteiger partial charge in [0.1, 0.15) is 17.5 Å². The number of hydrogen-bond acceptors (Lipinski definition) is 7. The van der Waals surface area contributed by atoms with E-state index in [1.165, 1.54) is 0 Å². The molecular weight excluding hydrogens is 422 g/mol. The number of aryl methyl sites for hydroxylation is 1. The van der Waals surface area contributed by atoms with Crippen LogP contribution in [0.3, 0.4) is 0 Å². The molecule has 0 radical (unpaired) electrons. The number of amides is 1. The summed E-state index contributed by atoms with van der Waals surface area (Å²) >= 11 is 0. The average Bonchev–Trinajstić information content (AvgIpc) is 3.24. The zero-order valence-electron chi connectivity index (χ0n) is 18.8. The van der Waals surface area contributed by atoms with Gasteiger partial charge in [0, 0.05) is 24.3 Å². The molecule has 0 fully saturated rings. The maximum Gasteiger partial charge on any atom is 0.255 e. The normalized spacial score (nSPS) is 15.0. The maximum atomic E-state index is 13.6. The summed E-state index contributed by atoms with van der Waals surface area (Å²) in [5, 5.41) is 20.1. The Bertz CT molecular complexity index is 1190. The van der Waals surface area contributed by atoms with E-state index >= 15 is 0 Å². The largest absolute Gasteiger partial charge is 0.496 e. The molecule has 2 heterocycles. The smallest absolute Gasteiger partial charge is 0.255 e. The maximum absolute atomic E-state index is 13.6. The number of carbonyl (C=O) groups is 1. The topological polar surface area (TPSA) is 111 Å². The van der Waals surface area contributed by atoms with E-state index in [9.17, 15) is 9.90 Å². The fraction of sp³-hybridized carbons (Fsp3) is 0.292. The highest BCUT2D eigenvalue weighted by molar-refractivity contribution is 6.06. The third kappa shape index (κ3) is 4.40. The molecule has 3 aromatic rings. The van der Waals surface area contributed by atoms with Gasteiger partial charge in [-0.3, -0.25) is 4.79 Å². The molecule has 4 rings (SSSR count). The van der Waals surface area contributed by atoms with Gasteiger partial charge in [0.15, 0.2) is 5.82 Å². The predicted molar refractivity (Wildman–Crippen MR) is 125 cm³/mol. The van der Waals surface area contributed by atoms with Crippen molar-refractivity contribution in [2.45, 2.75) is 25.8 Å². The molecule has 1 aliphatic rings. The van der Waals surface area contributed by atoms with Crippen molar-refractivity contribution < 1.29 is 19.4 Å². The Hall–Kier alpha value is -3.85. The number of anilines is 2. The van der Waals surface area contributed by atoms with E-state index in [0.717, 1.165) is 5.56 Å². The van der Waals surface area contributed by atoms with Crippen molar-refractivity contribution >= 4 is 17.5 Å². The summed E-state index contributed by atoms with van der Waals surface area (Å²) in [6, 6.07) is 14.2. The fourth-order valence-electron chi connectivity index (χ4n) is 3.95. The number of aromatic nitrogens is 3. The van der Waals surface area contributed by atoms with Gasteiger partial charge in [0.05, 0.1) is 25.5 Å². The van der Waals surface area contributed by atoms with Crippen molar-refractivity contribution in [1.82, 2.24) is 14.8 Å². The summed E-state index contributed by atoms with van der Waals surface area (Å²) in [4.78, 5) is 18.2. The van der Waals surface area contributed by atoms with E-state index in [0.29, 0.717) is 53.1 Å². The second kappa shape index (κ2) is 9.74. The van der Waals surface area contributed by atoms with Crippen molar-refractivity contribution in [3.8, 4) is 11.5 Å². The molecule has 0 saturated carbocycles. The quantitative estimate of drug-likeness (QED) is 0.484. The van der Waals surface area contributed by atoms with Crippen LogP contribution < -0.4 is 20.1 Å². The minimum absolute atomic E-state index is 0.0527. The lowest BCUT2D eigenvalue weighted by molar-refractivity contribution is -0.113. The molecule has 9 heteroatoms. The minimum Gasteiger partial charge on any atom is -0.496 e. The number of para-hydroxylation sites is 3. The van der Waals surface area contributed by atoms with E-state index in [1.54, 1.807) is 31.0 Å². The lowest BCUT2D eigenvalue weighted by Crippen LogP contribution is -2.31. The molecule has 1 unspecified atom stereocenters. The summed E-state index contributed by atoms with van der Waals surface area (Å²) in [7, 11) is 3.16. The van der Waals surface area contributed by atoms with Crippen molar-refractivity contribution in [3.63, 3.8) is 0 Å². The van der Waals surface area contributed by atoms with E-state index < -0.39 is 6.04 Å². The zero-order valence-corrected chi connectivity index (χ0v) is 18.8. The Labute approximate surface area is 192 Å². The zero-order chi connectivity index (χ0) is 23.4. The molecule has 0 bridgehead atoms. The molecule has 33 heavy (non-hydrogen) atoms. The van der Waals surface area contributed by atoms with Crippen LogP contribution in [0.5, 0.6) is 11.5 Å². The molecule has 1 aliphatic heterocycles. The van der Waals surface area contributed by atoms with Crippen LogP contribution in [-0.2, 0) is 11.2 Å². The Morgan fingerprint density at radius 2 is 1.82 bits per heavy atom. The SMILES string of the molecule is COc1ccccc1NC(=O)C1=C(C)Nc2nc(CCCO)nn2C1c1ccccc1OC. The molecule has 1 atom stereocenters. The van der Waals surface area contributed by atoms with E-state index in [4.69, 9.17) is 9.47 Å². The van der Waals surface area contributed by atoms with E-state index in [-0.39, 0.29) is 12.5 Å². The summed E-state index contributed by atoms with van der Waals surface area (Å²) in [5.41, 5.74) is 2.49. The molecule has 0 spiro atoms. The lowest BCUT2D eigenvalue weighted by Gasteiger charge is -2.29. The fourth-order valence-corrected chi connectivity index (χ4v) is 3.95. The average molecular weight is 450 g/mol. The van der Waals surface area contributed by atoms with Crippen LogP contribution in [0.15, 0.2) is 59.8 Å².